The van der Waals surface area contributed by atoms with E-state index in [0.29, 0.717) is 6.35 Å². The first-order chi connectivity index (χ1) is 4.77. The van der Waals surface area contributed by atoms with Gasteiger partial charge < -0.3 is 4.74 Å². The van der Waals surface area contributed by atoms with Gasteiger partial charge >= 0.3 is 0 Å². The third kappa shape index (κ3) is 3.96. The van der Waals surface area contributed by atoms with Gasteiger partial charge in [0.05, 0.1) is 0 Å². The first-order valence-electron chi connectivity index (χ1n) is 2.74. The van der Waals surface area contributed by atoms with E-state index in [4.69, 9.17) is 15.3 Å². The lowest BCUT2D eigenvalue weighted by molar-refractivity contribution is -0.176. The molecule has 6 heteroatoms. The van der Waals surface area contributed by atoms with Crippen LogP contribution < -0.4 is 0 Å². The Morgan fingerprint density at radius 1 is 1.80 bits per heavy atom. The molecule has 1 atom stereocenters. The van der Waals surface area contributed by atoms with Crippen LogP contribution in [0.3, 0.4) is 0 Å². The molecule has 57 valence electrons. The van der Waals surface area contributed by atoms with Crippen molar-refractivity contribution in [1.82, 2.24) is 0 Å². The average Bonchev–Trinajstić information content (AvgIpc) is 2.70. The maximum atomic E-state index is 9.84. The van der Waals surface area contributed by atoms with Crippen molar-refractivity contribution in [2.45, 2.75) is 18.7 Å². The molecule has 4 nitrogen and oxygen atoms in total. The normalized spacial score (nSPS) is 28.3. The van der Waals surface area contributed by atoms with Crippen LogP contribution in [0.2, 0.25) is 6.32 Å². The maximum absolute atomic E-state index is 9.84. The van der Waals surface area contributed by atoms with E-state index in [1.165, 1.54) is 0 Å². The Labute approximate surface area is 61.6 Å². The second-order valence-corrected chi connectivity index (χ2v) is 2.64. The summed E-state index contributed by atoms with van der Waals surface area (Å²) in [6, 6.07) is 0. The molecular weight excluding hydrogens is 154 g/mol. The van der Waals surface area contributed by atoms with Gasteiger partial charge in [0.1, 0.15) is 6.35 Å². The highest BCUT2D eigenvalue weighted by Gasteiger charge is 2.39. The van der Waals surface area contributed by atoms with Gasteiger partial charge in [-0.1, -0.05) is 6.32 Å². The van der Waals surface area contributed by atoms with Crippen molar-refractivity contribution in [1.29, 1.82) is 0 Å². The van der Waals surface area contributed by atoms with Crippen LogP contribution >= 0.6 is 8.46 Å². The van der Waals surface area contributed by atoms with Crippen LogP contribution in [-0.2, 0) is 9.30 Å². The predicted molar refractivity (Wildman–Crippen MR) is 37.8 cm³/mol. The van der Waals surface area contributed by atoms with Crippen LogP contribution in [0.5, 0.6) is 0 Å². The molecule has 10 heavy (non-hydrogen) atoms. The van der Waals surface area contributed by atoms with Crippen molar-refractivity contribution in [2.24, 2.45) is 0 Å². The Morgan fingerprint density at radius 2 is 2.30 bits per heavy atom. The summed E-state index contributed by atoms with van der Waals surface area (Å²) < 4.78 is 14.9. The SMILES string of the molecule is CC1(OCP=O)[B]C1.OO. The van der Waals surface area contributed by atoms with Crippen molar-refractivity contribution in [3.63, 3.8) is 0 Å². The molecular formula is C4H9BO4P. The molecule has 1 rings (SSSR count). The number of hydrogen-bond acceptors (Lipinski definition) is 4. The Kier molecular flexibility index (Phi) is 4.82. The van der Waals surface area contributed by atoms with E-state index in [2.05, 4.69) is 7.28 Å². The molecule has 1 radical (unpaired) electrons. The fourth-order valence-corrected chi connectivity index (χ4v) is 0.783. The highest BCUT2D eigenvalue weighted by molar-refractivity contribution is 7.23. The smallest absolute Gasteiger partial charge is 0.183 e. The van der Waals surface area contributed by atoms with E-state index in [1.807, 2.05) is 6.92 Å². The zero-order valence-corrected chi connectivity index (χ0v) is 6.54. The zero-order valence-electron chi connectivity index (χ0n) is 5.65. The summed E-state index contributed by atoms with van der Waals surface area (Å²) in [4.78, 5) is 0. The minimum atomic E-state index is -0.0303. The van der Waals surface area contributed by atoms with E-state index in [-0.39, 0.29) is 14.0 Å². The Bertz CT molecular complexity index is 105. The van der Waals surface area contributed by atoms with Crippen LogP contribution in [0.15, 0.2) is 0 Å². The summed E-state index contributed by atoms with van der Waals surface area (Å²) in [6.07, 6.45) is 1.33. The van der Waals surface area contributed by atoms with E-state index in [1.54, 1.807) is 0 Å². The van der Waals surface area contributed by atoms with Crippen LogP contribution in [0.1, 0.15) is 6.92 Å². The Morgan fingerprint density at radius 3 is 2.60 bits per heavy atom. The third-order valence-corrected chi connectivity index (χ3v) is 1.46. The topological polar surface area (TPSA) is 66.8 Å². The van der Waals surface area contributed by atoms with Gasteiger partial charge in [0.25, 0.3) is 0 Å². The van der Waals surface area contributed by atoms with Crippen molar-refractivity contribution in [3.05, 3.63) is 0 Å². The number of hydrogen-bond donors (Lipinski definition) is 2. The summed E-state index contributed by atoms with van der Waals surface area (Å²) in [5.41, 5.74) is -0.0303. The molecule has 0 bridgehead atoms. The molecule has 1 aliphatic rings. The highest BCUT2D eigenvalue weighted by atomic mass is 31.1. The fraction of sp³-hybridized carbons (Fsp3) is 1.00. The largest absolute Gasteiger partial charge is 0.373 e. The van der Waals surface area contributed by atoms with E-state index < -0.39 is 0 Å². The Balaban J connectivity index is 0.000000371. The van der Waals surface area contributed by atoms with Gasteiger partial charge in [-0.3, -0.25) is 15.1 Å². The summed E-state index contributed by atoms with van der Waals surface area (Å²) in [6.45, 7) is 1.98. The fourth-order valence-electron chi connectivity index (χ4n) is 0.435. The quantitative estimate of drug-likeness (QED) is 0.283. The lowest BCUT2D eigenvalue weighted by Gasteiger charge is -2.05. The van der Waals surface area contributed by atoms with Gasteiger partial charge in [-0.2, -0.15) is 0 Å². The number of rotatable bonds is 3. The van der Waals surface area contributed by atoms with Gasteiger partial charge in [-0.15, -0.1) is 0 Å². The lowest BCUT2D eigenvalue weighted by Crippen LogP contribution is -2.08. The Hall–Kier alpha value is 0.0449. The first-order valence-corrected chi connectivity index (χ1v) is 3.74. The minimum Gasteiger partial charge on any atom is -0.373 e. The summed E-state index contributed by atoms with van der Waals surface area (Å²) in [5.74, 6) is 0. The van der Waals surface area contributed by atoms with Gasteiger partial charge in [-0.05, 0) is 6.92 Å². The second kappa shape index (κ2) is 4.80. The molecule has 1 unspecified atom stereocenters. The summed E-state index contributed by atoms with van der Waals surface area (Å²) in [7, 11) is 2.13. The van der Waals surface area contributed by atoms with Crippen LogP contribution in [-0.4, -0.2) is 29.6 Å². The molecule has 0 aliphatic carbocycles. The molecule has 1 fully saturated rings. The molecule has 0 aromatic carbocycles. The maximum Gasteiger partial charge on any atom is 0.183 e. The monoisotopic (exact) mass is 163 g/mol. The van der Waals surface area contributed by atoms with E-state index in [9.17, 15) is 4.57 Å². The van der Waals surface area contributed by atoms with Crippen molar-refractivity contribution in [3.8, 4) is 0 Å². The molecule has 0 spiro atoms. The lowest BCUT2D eigenvalue weighted by atomic mass is 10.0. The molecule has 1 heterocycles. The molecule has 0 saturated carbocycles. The van der Waals surface area contributed by atoms with Crippen LogP contribution in [0, 0.1) is 0 Å². The van der Waals surface area contributed by atoms with Crippen molar-refractivity contribution in [2.75, 3.05) is 6.35 Å². The molecule has 0 aromatic rings. The van der Waals surface area contributed by atoms with Crippen molar-refractivity contribution < 1.29 is 19.8 Å². The minimum absolute atomic E-state index is 0.0303. The van der Waals surface area contributed by atoms with Gasteiger partial charge in [0, 0.05) is 5.50 Å². The van der Waals surface area contributed by atoms with Gasteiger partial charge in [-0.25, -0.2) is 0 Å². The molecule has 1 aliphatic heterocycles. The number of ether oxygens (including phenoxy) is 1. The van der Waals surface area contributed by atoms with Gasteiger partial charge in [0.2, 0.25) is 0 Å². The van der Waals surface area contributed by atoms with E-state index >= 15 is 0 Å². The third-order valence-electron chi connectivity index (χ3n) is 1.23. The predicted octanol–water partition coefficient (Wildman–Crippen LogP) is 1.12. The summed E-state index contributed by atoms with van der Waals surface area (Å²) >= 11 is 0. The molecule has 0 amide bonds. The zero-order chi connectivity index (χ0) is 8.04. The first kappa shape index (κ1) is 10.0. The van der Waals surface area contributed by atoms with Gasteiger partial charge in [0.15, 0.2) is 15.7 Å². The molecule has 2 N–H and O–H groups in total. The standard InChI is InChI=1S/C4H7BO2P.H2O2/c1-4(2-5-4)7-3-8-6;1-2/h2-3H2,1H3;1-2H. The van der Waals surface area contributed by atoms with E-state index in [0.717, 1.165) is 6.32 Å². The second-order valence-electron chi connectivity index (χ2n) is 2.12. The summed E-state index contributed by atoms with van der Waals surface area (Å²) in [5, 5.41) is 12.0. The van der Waals surface area contributed by atoms with Crippen LogP contribution in [0.4, 0.5) is 0 Å². The molecule has 1 saturated heterocycles. The highest BCUT2D eigenvalue weighted by Crippen LogP contribution is 2.30. The van der Waals surface area contributed by atoms with Crippen molar-refractivity contribution >= 4 is 15.7 Å². The average molecular weight is 163 g/mol. The van der Waals surface area contributed by atoms with Crippen LogP contribution in [0.25, 0.3) is 0 Å². The molecule has 0 aromatic heterocycles.